The lowest BCUT2D eigenvalue weighted by molar-refractivity contribution is -0.391. The van der Waals surface area contributed by atoms with Crippen molar-refractivity contribution in [3.63, 3.8) is 0 Å². The molecule has 45 heteroatoms. The fourth-order valence-electron chi connectivity index (χ4n) is 15.0. The summed E-state index contributed by atoms with van der Waals surface area (Å²) < 4.78 is 82.0. The molecular formula is C71H122N4O41. The SMILES string of the molecule is CCCCCCCCCCCCC/C=C\[C@@H](O)[C@H](CO[C@@H]1O[C@H](CO)[C@@H](O[C@@H]2O[C@H](CO)[C@H](O)[C@H](O[C@@H]3O[C@H](CO)[C@@H](O[C@@H]4O[C@H](CO)[C@H](O)[C@H](O[C@@H]5O[C@H](CO)[C@@H](O[C@@H]6O[C@H](CO)[C@H](O)[C@H](O[C@]7(C(=O)O)C[C@H](O)[C@@H](NC(C)=O)[C@H]([C@H](O)[C@H](O)CO)O7)[C@H]6O)[C@H](O)[C@H]5NC(C)=O)[C@H]4O)[C@H](O)[C@H]3NC(C)=O)[C@H]2O)[C@H](O)[C@H]1O)NC(C)=O. The van der Waals surface area contributed by atoms with E-state index in [4.69, 9.17) is 66.3 Å². The monoisotopic (exact) mass is 1690 g/mol. The first-order valence-corrected chi connectivity index (χ1v) is 39.0. The van der Waals surface area contributed by atoms with Crippen LogP contribution in [-0.4, -0.2) is 427 Å². The number of carboxylic acids is 1. The molecule has 0 bridgehead atoms. The Morgan fingerprint density at radius 1 is 0.431 bits per heavy atom. The standard InChI is InChI=1S/C71H122N4O41/c1-6-7-8-9-10-11-12-13-14-15-16-17-18-19-34(87)33(72-29(2)83)28-103-66-53(97)52(96)59(42(27-82)109-66)112-68-55(99)62(48(92)38(23-78)105-68)114-64-44(74-31(4)85)50(94)57(40(25-80)107-64)110-67-54(98)61(47(91)37(22-77)104-67)113-65-45(75-32(5)86)51(95)58(41(26-81)108-65)111-69-56(100)63(49(93)39(24-79)106-69)116-71(70(101)102)20-35(88)43(73-30(3)84)60(115-71)46(90)36(89)21-76/h18-19,33-69,76-82,87-100H,6-17,20-28H2,1-5H3,(H,72,83)(H,73,84)(H,74,85)(H,75,86)(H,101,102)/b19-18-/t33-,34+,35-,36+,37+,38+,39+,40+,41+,42+,43+,44+,45+,46+,47-,48-,49-,50+,51+,52+,53+,54+,55+,56+,57+,58+,59+,60+,61-,62-,63-,64-,65-,66+,67-,68-,69-,71-/m0/s1. The highest BCUT2D eigenvalue weighted by Gasteiger charge is 2.62. The van der Waals surface area contributed by atoms with Gasteiger partial charge in [-0.3, -0.25) is 19.2 Å². The van der Waals surface area contributed by atoms with Crippen LogP contribution in [0.4, 0.5) is 0 Å². The Morgan fingerprint density at radius 3 is 1.20 bits per heavy atom. The van der Waals surface area contributed by atoms with E-state index in [2.05, 4.69) is 28.2 Å². The Hall–Kier alpha value is -4.31. The van der Waals surface area contributed by atoms with Crippen molar-refractivity contribution < 1.29 is 203 Å². The molecule has 7 aliphatic heterocycles. The number of hydrogen-bond acceptors (Lipinski definition) is 40. The van der Waals surface area contributed by atoms with Crippen LogP contribution in [0.2, 0.25) is 0 Å². The van der Waals surface area contributed by atoms with E-state index in [9.17, 15) is 136 Å². The van der Waals surface area contributed by atoms with Gasteiger partial charge in [-0.2, -0.15) is 0 Å². The zero-order chi connectivity index (χ0) is 85.7. The number of amides is 4. The first-order chi connectivity index (χ1) is 55.1. The molecule has 0 aromatic heterocycles. The Labute approximate surface area is 667 Å². The Morgan fingerprint density at radius 2 is 0.802 bits per heavy atom. The molecule has 0 aliphatic carbocycles. The van der Waals surface area contributed by atoms with Gasteiger partial charge in [-0.25, -0.2) is 4.79 Å². The maximum Gasteiger partial charge on any atom is 0.364 e. The van der Waals surface area contributed by atoms with Crippen LogP contribution in [0, 0.1) is 0 Å². The van der Waals surface area contributed by atoms with Gasteiger partial charge in [0.15, 0.2) is 37.7 Å². The van der Waals surface area contributed by atoms with Crippen molar-refractivity contribution in [2.45, 2.75) is 351 Å². The minimum atomic E-state index is -3.24. The first kappa shape index (κ1) is 98.8. The van der Waals surface area contributed by atoms with Crippen LogP contribution in [0.5, 0.6) is 0 Å². The largest absolute Gasteiger partial charge is 0.477 e. The number of aliphatic carboxylic acids is 1. The molecule has 45 nitrogen and oxygen atoms in total. The van der Waals surface area contributed by atoms with Gasteiger partial charge in [-0.15, -0.1) is 0 Å². The summed E-state index contributed by atoms with van der Waals surface area (Å²) in [7, 11) is 0. The summed E-state index contributed by atoms with van der Waals surface area (Å²) in [6.45, 7) is -2.07. The lowest BCUT2D eigenvalue weighted by Crippen LogP contribution is -2.71. The second kappa shape index (κ2) is 46.8. The number of nitrogens with one attached hydrogen (secondary N) is 4. The van der Waals surface area contributed by atoms with E-state index in [0.717, 1.165) is 46.5 Å². The minimum Gasteiger partial charge on any atom is -0.477 e. The Balaban J connectivity index is 1.02. The van der Waals surface area contributed by atoms with Crippen molar-refractivity contribution in [3.05, 3.63) is 12.2 Å². The molecule has 0 aromatic rings. The molecule has 672 valence electrons. The van der Waals surface area contributed by atoms with Gasteiger partial charge >= 0.3 is 5.97 Å². The Bertz CT molecular complexity index is 3000. The maximum atomic E-state index is 13.2. The number of carbonyl (C=O) groups excluding carboxylic acids is 4. The zero-order valence-electron chi connectivity index (χ0n) is 65.0. The van der Waals surface area contributed by atoms with Gasteiger partial charge < -0.3 is 200 Å². The van der Waals surface area contributed by atoms with Crippen molar-refractivity contribution in [1.29, 1.82) is 0 Å². The lowest BCUT2D eigenvalue weighted by atomic mass is 9.88. The summed E-state index contributed by atoms with van der Waals surface area (Å²) in [6, 6.07) is -6.67. The van der Waals surface area contributed by atoms with Gasteiger partial charge in [0.1, 0.15) is 165 Å². The summed E-state index contributed by atoms with van der Waals surface area (Å²) in [4.78, 5) is 63.5. The van der Waals surface area contributed by atoms with E-state index in [1.165, 1.54) is 57.9 Å². The third-order valence-corrected chi connectivity index (χ3v) is 21.2. The zero-order valence-corrected chi connectivity index (χ0v) is 65.0. The molecule has 7 rings (SSSR count). The van der Waals surface area contributed by atoms with Gasteiger partial charge in [-0.05, 0) is 12.8 Å². The molecule has 7 heterocycles. The summed E-state index contributed by atoms with van der Waals surface area (Å²) in [5.74, 6) is -8.63. The molecule has 38 atom stereocenters. The van der Waals surface area contributed by atoms with Crippen LogP contribution < -0.4 is 21.3 Å². The molecule has 0 radical (unpaired) electrons. The predicted molar refractivity (Wildman–Crippen MR) is 381 cm³/mol. The molecule has 7 fully saturated rings. The van der Waals surface area contributed by atoms with E-state index < -0.39 is 321 Å². The number of aliphatic hydroxyl groups excluding tert-OH is 21. The number of allylic oxidation sites excluding steroid dienone is 1. The molecule has 7 saturated heterocycles. The minimum absolute atomic E-state index is 0.498. The molecular weight excluding hydrogens is 1560 g/mol. The van der Waals surface area contributed by atoms with E-state index in [0.29, 0.717) is 6.42 Å². The molecule has 0 unspecified atom stereocenters. The summed E-state index contributed by atoms with van der Waals surface area (Å²) in [5, 5.41) is 255. The van der Waals surface area contributed by atoms with E-state index in [-0.39, 0.29) is 0 Å². The lowest BCUT2D eigenvalue weighted by Gasteiger charge is -2.51. The summed E-state index contributed by atoms with van der Waals surface area (Å²) in [6.07, 6.45) is -52.5. The van der Waals surface area contributed by atoms with Crippen LogP contribution in [0.1, 0.15) is 118 Å². The second-order valence-electron chi connectivity index (χ2n) is 30.1. The van der Waals surface area contributed by atoms with Crippen LogP contribution in [0.25, 0.3) is 0 Å². The number of unbranched alkanes of at least 4 members (excludes halogenated alkanes) is 11. The Kier molecular flexibility index (Phi) is 39.9. The number of ether oxygens (including phenoxy) is 14. The predicted octanol–water partition coefficient (Wildman–Crippen LogP) is -11.5. The maximum absolute atomic E-state index is 13.2. The number of rotatable bonds is 43. The fraction of sp³-hybridized carbons (Fsp3) is 0.901. The van der Waals surface area contributed by atoms with Crippen molar-refractivity contribution in [1.82, 2.24) is 21.3 Å². The number of aliphatic hydroxyl groups is 21. The summed E-state index contributed by atoms with van der Waals surface area (Å²) in [5.41, 5.74) is 0. The van der Waals surface area contributed by atoms with Crippen molar-refractivity contribution in [2.24, 2.45) is 0 Å². The quantitative estimate of drug-likeness (QED) is 0.0199. The average molecular weight is 1690 g/mol. The molecule has 116 heavy (non-hydrogen) atoms. The van der Waals surface area contributed by atoms with Gasteiger partial charge in [0, 0.05) is 34.1 Å². The molecule has 0 saturated carbocycles. The topological polar surface area (TPSA) is 708 Å². The van der Waals surface area contributed by atoms with Gasteiger partial charge in [0.2, 0.25) is 23.6 Å². The third-order valence-electron chi connectivity index (χ3n) is 21.2. The van der Waals surface area contributed by atoms with Crippen LogP contribution in [-0.2, 0) is 90.3 Å². The van der Waals surface area contributed by atoms with E-state index in [1.807, 2.05) is 0 Å². The second-order valence-corrected chi connectivity index (χ2v) is 30.1. The van der Waals surface area contributed by atoms with Crippen molar-refractivity contribution in [2.75, 3.05) is 52.9 Å². The molecule has 0 spiro atoms. The average Bonchev–Trinajstić information content (AvgIpc) is 0.753. The number of carboxylic acid groups (broad SMARTS) is 1. The highest BCUT2D eigenvalue weighted by molar-refractivity contribution is 5.77. The highest BCUT2D eigenvalue weighted by Crippen LogP contribution is 2.41. The summed E-state index contributed by atoms with van der Waals surface area (Å²) >= 11 is 0. The van der Waals surface area contributed by atoms with Crippen molar-refractivity contribution >= 4 is 29.6 Å². The third kappa shape index (κ3) is 25.2. The van der Waals surface area contributed by atoms with Gasteiger partial charge in [0.25, 0.3) is 5.79 Å². The number of carbonyl (C=O) groups is 5. The van der Waals surface area contributed by atoms with Crippen LogP contribution >= 0.6 is 0 Å². The van der Waals surface area contributed by atoms with E-state index in [1.54, 1.807) is 6.08 Å². The normalized spacial score (nSPS) is 40.8. The smallest absolute Gasteiger partial charge is 0.364 e. The molecule has 26 N–H and O–H groups in total. The van der Waals surface area contributed by atoms with Crippen molar-refractivity contribution in [3.8, 4) is 0 Å². The van der Waals surface area contributed by atoms with E-state index >= 15 is 0 Å². The van der Waals surface area contributed by atoms with Gasteiger partial charge in [-0.1, -0.05) is 83.3 Å². The highest BCUT2D eigenvalue weighted by atomic mass is 16.8. The molecule has 7 aliphatic rings. The first-order valence-electron chi connectivity index (χ1n) is 39.0. The van der Waals surface area contributed by atoms with Crippen LogP contribution in [0.3, 0.4) is 0 Å². The molecule has 0 aromatic carbocycles. The van der Waals surface area contributed by atoms with Crippen LogP contribution in [0.15, 0.2) is 12.2 Å². The number of hydrogen-bond donors (Lipinski definition) is 26. The van der Waals surface area contributed by atoms with Gasteiger partial charge in [0.05, 0.1) is 77.1 Å². The fourth-order valence-corrected chi connectivity index (χ4v) is 15.0. The molecule has 4 amide bonds.